The monoisotopic (exact) mass is 481 g/mol. The quantitative estimate of drug-likeness (QED) is 0.253. The summed E-state index contributed by atoms with van der Waals surface area (Å²) >= 11 is 0. The summed E-state index contributed by atoms with van der Waals surface area (Å²) in [5, 5.41) is 0. The Kier molecular flexibility index (Phi) is 12.7. The normalized spacial score (nSPS) is 13.2. The average Bonchev–Trinajstić information content (AvgIpc) is 2.80. The Labute approximate surface area is 200 Å². The van der Waals surface area contributed by atoms with Crippen LogP contribution >= 0.6 is 0 Å². The molecule has 0 aliphatic carbocycles. The van der Waals surface area contributed by atoms with Gasteiger partial charge in [0.2, 0.25) is 0 Å². The van der Waals surface area contributed by atoms with Crippen molar-refractivity contribution in [3.63, 3.8) is 0 Å². The smallest absolute Gasteiger partial charge is 0.458 e. The van der Waals surface area contributed by atoms with E-state index in [1.165, 1.54) is 12.1 Å². The van der Waals surface area contributed by atoms with Crippen LogP contribution in [0.15, 0.2) is 18.2 Å². The van der Waals surface area contributed by atoms with Crippen LogP contribution in [0.1, 0.15) is 65.9 Å². The van der Waals surface area contributed by atoms with Crippen molar-refractivity contribution in [2.45, 2.75) is 85.0 Å². The number of nitrogens with two attached hydrogens (primary N) is 1. The standard InChI is InChI=1S/C24H35NO9/c1-6-9-12-30-24(29)32-16(5)15(4)31-23(28)18(25)13-17-10-11-19(33-21(26)7-2)20(14-17)34-22(27)8-3/h10-11,14-16,18H,6-9,12-13,25H2,1-5H3/t15-,16?,18-/m0/s1. The van der Waals surface area contributed by atoms with E-state index in [1.54, 1.807) is 33.8 Å². The van der Waals surface area contributed by atoms with E-state index in [2.05, 4.69) is 0 Å². The van der Waals surface area contributed by atoms with Gasteiger partial charge in [-0.05, 0) is 44.4 Å². The predicted octanol–water partition coefficient (Wildman–Crippen LogP) is 3.46. The molecule has 0 spiro atoms. The molecule has 2 N–H and O–H groups in total. The third-order valence-corrected chi connectivity index (χ3v) is 4.75. The highest BCUT2D eigenvalue weighted by atomic mass is 16.7. The summed E-state index contributed by atoms with van der Waals surface area (Å²) in [5.74, 6) is -1.54. The van der Waals surface area contributed by atoms with Crippen molar-refractivity contribution in [2.24, 2.45) is 5.73 Å². The van der Waals surface area contributed by atoms with Gasteiger partial charge in [-0.3, -0.25) is 14.4 Å². The molecular weight excluding hydrogens is 446 g/mol. The first kappa shape index (κ1) is 28.9. The van der Waals surface area contributed by atoms with Crippen LogP contribution in [0.5, 0.6) is 11.5 Å². The lowest BCUT2D eigenvalue weighted by Gasteiger charge is -2.22. The van der Waals surface area contributed by atoms with Crippen LogP contribution in [0.2, 0.25) is 0 Å². The van der Waals surface area contributed by atoms with Crippen LogP contribution < -0.4 is 15.2 Å². The third-order valence-electron chi connectivity index (χ3n) is 4.75. The maximum atomic E-state index is 12.4. The predicted molar refractivity (Wildman–Crippen MR) is 122 cm³/mol. The van der Waals surface area contributed by atoms with Crippen molar-refractivity contribution < 1.29 is 42.9 Å². The molecule has 3 atom stereocenters. The molecule has 190 valence electrons. The number of rotatable bonds is 13. The minimum absolute atomic E-state index is 0.0590. The van der Waals surface area contributed by atoms with Crippen molar-refractivity contribution in [1.29, 1.82) is 0 Å². The first-order valence-electron chi connectivity index (χ1n) is 11.4. The van der Waals surface area contributed by atoms with E-state index < -0.39 is 42.3 Å². The topological polar surface area (TPSA) is 140 Å². The van der Waals surface area contributed by atoms with Crippen molar-refractivity contribution in [1.82, 2.24) is 0 Å². The van der Waals surface area contributed by atoms with Gasteiger partial charge >= 0.3 is 24.1 Å². The van der Waals surface area contributed by atoms with Crippen molar-refractivity contribution in [3.05, 3.63) is 23.8 Å². The number of carbonyl (C=O) groups is 4. The molecule has 10 nitrogen and oxygen atoms in total. The summed E-state index contributed by atoms with van der Waals surface area (Å²) < 4.78 is 25.8. The summed E-state index contributed by atoms with van der Waals surface area (Å²) in [7, 11) is 0. The number of unbranched alkanes of at least 4 members (excludes halogenated alkanes) is 1. The third kappa shape index (κ3) is 10.2. The van der Waals surface area contributed by atoms with Gasteiger partial charge in [-0.25, -0.2) is 4.79 Å². The Morgan fingerprint density at radius 1 is 0.882 bits per heavy atom. The zero-order valence-corrected chi connectivity index (χ0v) is 20.5. The first-order chi connectivity index (χ1) is 16.1. The maximum Gasteiger partial charge on any atom is 0.508 e. The Morgan fingerprint density at radius 2 is 1.47 bits per heavy atom. The van der Waals surface area contributed by atoms with E-state index in [4.69, 9.17) is 29.4 Å². The van der Waals surface area contributed by atoms with Crippen molar-refractivity contribution >= 4 is 24.1 Å². The zero-order chi connectivity index (χ0) is 25.7. The lowest BCUT2D eigenvalue weighted by Crippen LogP contribution is -2.39. The van der Waals surface area contributed by atoms with Crippen LogP contribution in [-0.4, -0.2) is 48.9 Å². The fourth-order valence-electron chi connectivity index (χ4n) is 2.52. The van der Waals surface area contributed by atoms with Crippen molar-refractivity contribution in [2.75, 3.05) is 6.61 Å². The Balaban J connectivity index is 2.75. The van der Waals surface area contributed by atoms with Gasteiger partial charge in [-0.1, -0.05) is 33.3 Å². The highest BCUT2D eigenvalue weighted by Gasteiger charge is 2.25. The second-order valence-electron chi connectivity index (χ2n) is 7.66. The number of esters is 3. The number of ether oxygens (including phenoxy) is 5. The summed E-state index contributed by atoms with van der Waals surface area (Å²) in [6, 6.07) is 3.53. The van der Waals surface area contributed by atoms with E-state index in [1.807, 2.05) is 6.92 Å². The number of hydrogen-bond donors (Lipinski definition) is 1. The molecular formula is C24H35NO9. The lowest BCUT2D eigenvalue weighted by molar-refractivity contribution is -0.155. The SMILES string of the molecule is CCCCOC(=O)OC(C)[C@H](C)OC(=O)[C@@H](N)Cc1ccc(OC(=O)CC)c(OC(=O)CC)c1. The number of hydrogen-bond acceptors (Lipinski definition) is 10. The van der Waals surface area contributed by atoms with E-state index in [-0.39, 0.29) is 37.4 Å². The van der Waals surface area contributed by atoms with Crippen LogP contribution in [0, 0.1) is 0 Å². The summed E-state index contributed by atoms with van der Waals surface area (Å²) in [4.78, 5) is 47.5. The molecule has 0 amide bonds. The van der Waals surface area contributed by atoms with Gasteiger partial charge < -0.3 is 29.4 Å². The average molecular weight is 482 g/mol. The maximum absolute atomic E-state index is 12.4. The molecule has 1 rings (SSSR count). The van der Waals surface area contributed by atoms with Crippen molar-refractivity contribution in [3.8, 4) is 11.5 Å². The lowest BCUT2D eigenvalue weighted by atomic mass is 10.1. The largest absolute Gasteiger partial charge is 0.508 e. The van der Waals surface area contributed by atoms with Gasteiger partial charge in [0, 0.05) is 12.8 Å². The van der Waals surface area contributed by atoms with E-state index in [0.29, 0.717) is 5.56 Å². The molecule has 1 aromatic carbocycles. The zero-order valence-electron chi connectivity index (χ0n) is 20.5. The van der Waals surface area contributed by atoms with Crippen LogP contribution in [0.25, 0.3) is 0 Å². The molecule has 0 saturated carbocycles. The Bertz CT molecular complexity index is 840. The number of benzene rings is 1. The van der Waals surface area contributed by atoms with E-state index in [0.717, 1.165) is 12.8 Å². The van der Waals surface area contributed by atoms with Gasteiger partial charge in [-0.15, -0.1) is 0 Å². The molecule has 10 heteroatoms. The number of carbonyl (C=O) groups excluding carboxylic acids is 4. The molecule has 34 heavy (non-hydrogen) atoms. The van der Waals surface area contributed by atoms with Gasteiger partial charge in [0.15, 0.2) is 11.5 Å². The summed E-state index contributed by atoms with van der Waals surface area (Å²) in [5.41, 5.74) is 6.56. The minimum Gasteiger partial charge on any atom is -0.458 e. The molecule has 0 radical (unpaired) electrons. The van der Waals surface area contributed by atoms with Gasteiger partial charge in [0.05, 0.1) is 6.61 Å². The van der Waals surface area contributed by atoms with E-state index >= 15 is 0 Å². The molecule has 0 fully saturated rings. The molecule has 0 aromatic heterocycles. The van der Waals surface area contributed by atoms with E-state index in [9.17, 15) is 19.2 Å². The summed E-state index contributed by atoms with van der Waals surface area (Å²) in [6.07, 6.45) is -0.372. The molecule has 0 bridgehead atoms. The van der Waals surface area contributed by atoms with Gasteiger partial charge in [0.1, 0.15) is 18.2 Å². The Hall–Kier alpha value is -3.14. The minimum atomic E-state index is -1.04. The molecule has 0 saturated heterocycles. The second-order valence-corrected chi connectivity index (χ2v) is 7.66. The van der Waals surface area contributed by atoms with Gasteiger partial charge in [0.25, 0.3) is 0 Å². The van der Waals surface area contributed by atoms with Crippen LogP contribution in [-0.2, 0) is 35.0 Å². The molecule has 0 aliphatic rings. The molecule has 1 unspecified atom stereocenters. The highest BCUT2D eigenvalue weighted by Crippen LogP contribution is 2.30. The Morgan fingerprint density at radius 3 is 2.06 bits per heavy atom. The fourth-order valence-corrected chi connectivity index (χ4v) is 2.52. The second kappa shape index (κ2) is 14.9. The molecule has 0 aliphatic heterocycles. The summed E-state index contributed by atoms with van der Waals surface area (Å²) in [6.45, 7) is 8.65. The first-order valence-corrected chi connectivity index (χ1v) is 11.4. The molecule has 1 aromatic rings. The highest BCUT2D eigenvalue weighted by molar-refractivity contribution is 5.77. The fraction of sp³-hybridized carbons (Fsp3) is 0.583. The van der Waals surface area contributed by atoms with Crippen LogP contribution in [0.3, 0.4) is 0 Å². The molecule has 0 heterocycles. The van der Waals surface area contributed by atoms with Gasteiger partial charge in [-0.2, -0.15) is 0 Å². The van der Waals surface area contributed by atoms with Crippen LogP contribution in [0.4, 0.5) is 4.79 Å².